The van der Waals surface area contributed by atoms with Crippen molar-refractivity contribution in [2.45, 2.75) is 51.0 Å². The third-order valence-electron chi connectivity index (χ3n) is 5.76. The van der Waals surface area contributed by atoms with Crippen LogP contribution in [0.1, 0.15) is 43.7 Å². The Bertz CT molecular complexity index is 445. The molecule has 0 aromatic heterocycles. The monoisotopic (exact) mass is 259 g/mol. The first kappa shape index (κ1) is 13.1. The molecule has 0 bridgehead atoms. The van der Waals surface area contributed by atoms with E-state index in [0.29, 0.717) is 12.5 Å². The Balaban J connectivity index is 1.98. The van der Waals surface area contributed by atoms with Crippen LogP contribution in [0.4, 0.5) is 0 Å². The van der Waals surface area contributed by atoms with E-state index in [0.717, 1.165) is 38.5 Å². The van der Waals surface area contributed by atoms with E-state index in [-0.39, 0.29) is 5.41 Å². The Morgan fingerprint density at radius 2 is 1.89 bits per heavy atom. The molecule has 1 saturated carbocycles. The highest BCUT2D eigenvalue weighted by Crippen LogP contribution is 2.54. The van der Waals surface area contributed by atoms with Crippen LogP contribution in [0.15, 0.2) is 24.3 Å². The lowest BCUT2D eigenvalue weighted by Gasteiger charge is -2.46. The van der Waals surface area contributed by atoms with Crippen molar-refractivity contribution < 1.29 is 5.11 Å². The quantitative estimate of drug-likeness (QED) is 0.876. The standard InChI is InChI=1S/C17H25NO/c1-2-15-8-5-9-17(15,19)16(12-18)10-13-6-3-4-7-14(13)11-16/h3-4,6-7,15,19H,2,5,8-12,18H2,1H3. The second-order valence-electron chi connectivity index (χ2n) is 6.53. The van der Waals surface area contributed by atoms with Crippen LogP contribution in [0.5, 0.6) is 0 Å². The van der Waals surface area contributed by atoms with Crippen LogP contribution in [-0.2, 0) is 12.8 Å². The van der Waals surface area contributed by atoms with Crippen molar-refractivity contribution in [3.8, 4) is 0 Å². The van der Waals surface area contributed by atoms with Crippen LogP contribution < -0.4 is 5.73 Å². The fraction of sp³-hybridized carbons (Fsp3) is 0.647. The van der Waals surface area contributed by atoms with Gasteiger partial charge in [0, 0.05) is 12.0 Å². The number of aliphatic hydroxyl groups is 1. The summed E-state index contributed by atoms with van der Waals surface area (Å²) in [6.45, 7) is 2.79. The summed E-state index contributed by atoms with van der Waals surface area (Å²) in [5.74, 6) is 0.422. The first-order valence-corrected chi connectivity index (χ1v) is 7.64. The normalized spacial score (nSPS) is 32.5. The van der Waals surface area contributed by atoms with Crippen LogP contribution in [0.3, 0.4) is 0 Å². The first-order chi connectivity index (χ1) is 9.15. The Kier molecular flexibility index (Phi) is 3.18. The molecule has 3 N–H and O–H groups in total. The molecule has 2 aliphatic rings. The number of hydrogen-bond donors (Lipinski definition) is 2. The van der Waals surface area contributed by atoms with Crippen molar-refractivity contribution in [2.24, 2.45) is 17.1 Å². The SMILES string of the molecule is CCC1CCCC1(O)C1(CN)Cc2ccccc2C1. The molecule has 0 heterocycles. The number of fused-ring (bicyclic) bond motifs is 1. The van der Waals surface area contributed by atoms with Gasteiger partial charge < -0.3 is 10.8 Å². The summed E-state index contributed by atoms with van der Waals surface area (Å²) in [4.78, 5) is 0. The third-order valence-corrected chi connectivity index (χ3v) is 5.76. The summed E-state index contributed by atoms with van der Waals surface area (Å²) < 4.78 is 0. The van der Waals surface area contributed by atoms with Gasteiger partial charge in [0.25, 0.3) is 0 Å². The molecule has 104 valence electrons. The maximum Gasteiger partial charge on any atom is 0.0750 e. The largest absolute Gasteiger partial charge is 0.389 e. The van der Waals surface area contributed by atoms with Crippen molar-refractivity contribution in [2.75, 3.05) is 6.54 Å². The summed E-state index contributed by atoms with van der Waals surface area (Å²) in [5.41, 5.74) is 8.26. The molecule has 0 amide bonds. The second-order valence-corrected chi connectivity index (χ2v) is 6.53. The van der Waals surface area contributed by atoms with Crippen molar-refractivity contribution in [1.82, 2.24) is 0 Å². The van der Waals surface area contributed by atoms with Gasteiger partial charge in [-0.25, -0.2) is 0 Å². The van der Waals surface area contributed by atoms with E-state index in [1.54, 1.807) is 0 Å². The third kappa shape index (κ3) is 1.77. The molecule has 19 heavy (non-hydrogen) atoms. The zero-order chi connectivity index (χ0) is 13.5. The van der Waals surface area contributed by atoms with Gasteiger partial charge >= 0.3 is 0 Å². The lowest BCUT2D eigenvalue weighted by atomic mass is 9.64. The van der Waals surface area contributed by atoms with Gasteiger partial charge in [-0.2, -0.15) is 0 Å². The van der Waals surface area contributed by atoms with Crippen molar-refractivity contribution >= 4 is 0 Å². The summed E-state index contributed by atoms with van der Waals surface area (Å²) in [5, 5.41) is 11.4. The first-order valence-electron chi connectivity index (χ1n) is 7.64. The molecule has 2 unspecified atom stereocenters. The van der Waals surface area contributed by atoms with E-state index in [4.69, 9.17) is 5.73 Å². The molecule has 2 aliphatic carbocycles. The molecule has 2 atom stereocenters. The molecule has 0 radical (unpaired) electrons. The molecule has 0 aliphatic heterocycles. The van der Waals surface area contributed by atoms with Crippen LogP contribution in [0.25, 0.3) is 0 Å². The van der Waals surface area contributed by atoms with Crippen molar-refractivity contribution in [3.63, 3.8) is 0 Å². The van der Waals surface area contributed by atoms with Gasteiger partial charge in [-0.1, -0.05) is 44.0 Å². The van der Waals surface area contributed by atoms with Crippen LogP contribution in [0, 0.1) is 11.3 Å². The zero-order valence-corrected chi connectivity index (χ0v) is 11.9. The zero-order valence-electron chi connectivity index (χ0n) is 11.9. The van der Waals surface area contributed by atoms with Gasteiger partial charge in [0.1, 0.15) is 0 Å². The molecular weight excluding hydrogens is 234 g/mol. The molecule has 3 rings (SSSR count). The molecule has 0 saturated heterocycles. The molecule has 1 aromatic carbocycles. The van der Waals surface area contributed by atoms with E-state index in [2.05, 4.69) is 31.2 Å². The van der Waals surface area contributed by atoms with Crippen molar-refractivity contribution in [3.05, 3.63) is 35.4 Å². The van der Waals surface area contributed by atoms with Gasteiger partial charge in [-0.05, 0) is 42.7 Å². The lowest BCUT2D eigenvalue weighted by Crippen LogP contribution is -2.55. The smallest absolute Gasteiger partial charge is 0.0750 e. The van der Waals surface area contributed by atoms with Gasteiger partial charge in [0.2, 0.25) is 0 Å². The Morgan fingerprint density at radius 1 is 1.26 bits per heavy atom. The van der Waals surface area contributed by atoms with Crippen molar-refractivity contribution in [1.29, 1.82) is 0 Å². The summed E-state index contributed by atoms with van der Waals surface area (Å²) in [7, 11) is 0. The van der Waals surface area contributed by atoms with E-state index in [9.17, 15) is 5.11 Å². The van der Waals surface area contributed by atoms with Crippen LogP contribution >= 0.6 is 0 Å². The van der Waals surface area contributed by atoms with E-state index >= 15 is 0 Å². The Morgan fingerprint density at radius 3 is 2.42 bits per heavy atom. The lowest BCUT2D eigenvalue weighted by molar-refractivity contribution is -0.106. The number of rotatable bonds is 3. The fourth-order valence-electron chi connectivity index (χ4n) is 4.62. The highest BCUT2D eigenvalue weighted by molar-refractivity contribution is 5.36. The van der Waals surface area contributed by atoms with Crippen LogP contribution in [0.2, 0.25) is 0 Å². The molecule has 1 aromatic rings. The topological polar surface area (TPSA) is 46.2 Å². The minimum Gasteiger partial charge on any atom is -0.389 e. The fourth-order valence-corrected chi connectivity index (χ4v) is 4.62. The second kappa shape index (κ2) is 4.60. The van der Waals surface area contributed by atoms with Gasteiger partial charge in [0.15, 0.2) is 0 Å². The minimum absolute atomic E-state index is 0.131. The van der Waals surface area contributed by atoms with Gasteiger partial charge in [-0.15, -0.1) is 0 Å². The number of benzene rings is 1. The molecule has 0 spiro atoms. The Hall–Kier alpha value is -0.860. The summed E-state index contributed by atoms with van der Waals surface area (Å²) in [6, 6.07) is 8.60. The van der Waals surface area contributed by atoms with Crippen LogP contribution in [-0.4, -0.2) is 17.3 Å². The Labute approximate surface area is 116 Å². The number of nitrogens with two attached hydrogens (primary N) is 1. The minimum atomic E-state index is -0.560. The summed E-state index contributed by atoms with van der Waals surface area (Å²) >= 11 is 0. The number of hydrogen-bond acceptors (Lipinski definition) is 2. The summed E-state index contributed by atoms with van der Waals surface area (Å²) in [6.07, 6.45) is 6.20. The molecule has 1 fully saturated rings. The highest BCUT2D eigenvalue weighted by Gasteiger charge is 2.57. The van der Waals surface area contributed by atoms with Gasteiger partial charge in [-0.3, -0.25) is 0 Å². The van der Waals surface area contributed by atoms with E-state index in [1.165, 1.54) is 11.1 Å². The maximum atomic E-state index is 11.4. The molecule has 2 nitrogen and oxygen atoms in total. The maximum absolute atomic E-state index is 11.4. The predicted molar refractivity (Wildman–Crippen MR) is 77.9 cm³/mol. The average Bonchev–Trinajstić information content (AvgIpc) is 3.00. The van der Waals surface area contributed by atoms with Gasteiger partial charge in [0.05, 0.1) is 5.60 Å². The predicted octanol–water partition coefficient (Wildman–Crippen LogP) is 2.67. The molecular formula is C17H25NO. The average molecular weight is 259 g/mol. The molecule has 2 heteroatoms. The van der Waals surface area contributed by atoms with E-state index in [1.807, 2.05) is 0 Å². The highest BCUT2D eigenvalue weighted by atomic mass is 16.3. The van der Waals surface area contributed by atoms with E-state index < -0.39 is 5.60 Å².